The van der Waals surface area contributed by atoms with Gasteiger partial charge in [0, 0.05) is 5.02 Å². The first-order chi connectivity index (χ1) is 16.0. The summed E-state index contributed by atoms with van der Waals surface area (Å²) in [5.74, 6) is 0.572. The Morgan fingerprint density at radius 3 is 2.55 bits per heavy atom. The fraction of sp³-hybridized carbons (Fsp3) is 0.0769. The van der Waals surface area contributed by atoms with Gasteiger partial charge in [-0.3, -0.25) is 0 Å². The largest absolute Gasteiger partial charge is 0.506 e. The summed E-state index contributed by atoms with van der Waals surface area (Å²) < 4.78 is 11.0. The molecular weight excluding hydrogens is 458 g/mol. The van der Waals surface area contributed by atoms with Crippen molar-refractivity contribution in [3.8, 4) is 11.5 Å². The maximum Gasteiger partial charge on any atom is 0.344 e. The van der Waals surface area contributed by atoms with Crippen molar-refractivity contribution in [2.75, 3.05) is 6.61 Å². The molecule has 0 radical (unpaired) electrons. The molecule has 0 amide bonds. The highest BCUT2D eigenvalue weighted by atomic mass is 35.5. The van der Waals surface area contributed by atoms with E-state index in [9.17, 15) is 9.90 Å². The number of hydrogen-bond donors (Lipinski definition) is 1. The summed E-state index contributed by atoms with van der Waals surface area (Å²) in [5.41, 5.74) is 1.40. The van der Waals surface area contributed by atoms with Crippen LogP contribution in [0, 0.1) is 0 Å². The van der Waals surface area contributed by atoms with Crippen LogP contribution in [0.5, 0.6) is 11.5 Å². The molecule has 1 heterocycles. The molecule has 3 aromatic carbocycles. The number of aliphatic hydroxyl groups is 1. The number of thioether (sulfide) groups is 1. The van der Waals surface area contributed by atoms with Crippen LogP contribution in [0.2, 0.25) is 5.02 Å². The van der Waals surface area contributed by atoms with Crippen LogP contribution in [0.1, 0.15) is 12.5 Å². The van der Waals surface area contributed by atoms with Gasteiger partial charge < -0.3 is 14.6 Å². The maximum atomic E-state index is 12.6. The zero-order valence-electron chi connectivity index (χ0n) is 17.7. The summed E-state index contributed by atoms with van der Waals surface area (Å²) in [6.45, 7) is 1.89. The van der Waals surface area contributed by atoms with Crippen LogP contribution in [-0.2, 0) is 9.53 Å². The molecule has 0 aliphatic carbocycles. The van der Waals surface area contributed by atoms with Crippen molar-refractivity contribution in [3.05, 3.63) is 106 Å². The number of ether oxygens (including phenoxy) is 2. The lowest BCUT2D eigenvalue weighted by Gasteiger charge is -2.06. The number of aliphatic hydroxyl groups excluding tert-OH is 1. The molecule has 4 rings (SSSR count). The number of aliphatic imine (C=N–C) groups is 1. The van der Waals surface area contributed by atoms with Crippen molar-refractivity contribution in [1.29, 1.82) is 0 Å². The topological polar surface area (TPSA) is 68.1 Å². The van der Waals surface area contributed by atoms with Crippen LogP contribution in [0.4, 0.5) is 5.69 Å². The summed E-state index contributed by atoms with van der Waals surface area (Å²) in [5, 5.41) is 11.7. The summed E-state index contributed by atoms with van der Waals surface area (Å²) in [6, 6.07) is 23.9. The zero-order valence-corrected chi connectivity index (χ0v) is 19.3. The zero-order chi connectivity index (χ0) is 23.2. The molecule has 0 saturated carbocycles. The molecule has 5 nitrogen and oxygen atoms in total. The van der Waals surface area contributed by atoms with Gasteiger partial charge >= 0.3 is 5.97 Å². The number of rotatable bonds is 6. The van der Waals surface area contributed by atoms with Gasteiger partial charge in [0.05, 0.1) is 17.2 Å². The lowest BCUT2D eigenvalue weighted by Crippen LogP contribution is -2.12. The van der Waals surface area contributed by atoms with Gasteiger partial charge in [-0.2, -0.15) is 0 Å². The standard InChI is InChI=1S/C26H20ClNO4S/c1-2-31-26(30)23-24(29)22(33-25(23)28-19-10-7-9-18(27)16-19)15-17-8-6-13-21(14-17)32-20-11-4-3-5-12-20/h3-16,29H,2H2,1H3/b22-15+,28-25?. The van der Waals surface area contributed by atoms with E-state index < -0.39 is 5.97 Å². The normalized spacial score (nSPS) is 15.8. The minimum absolute atomic E-state index is 0.0322. The van der Waals surface area contributed by atoms with Gasteiger partial charge in [0.1, 0.15) is 27.9 Å². The van der Waals surface area contributed by atoms with E-state index in [4.69, 9.17) is 21.1 Å². The van der Waals surface area contributed by atoms with Gasteiger partial charge in [0.2, 0.25) is 0 Å². The monoisotopic (exact) mass is 477 g/mol. The summed E-state index contributed by atoms with van der Waals surface area (Å²) >= 11 is 7.25. The third kappa shape index (κ3) is 5.66. The van der Waals surface area contributed by atoms with E-state index in [0.29, 0.717) is 26.4 Å². The first-order valence-corrected chi connectivity index (χ1v) is 11.4. The van der Waals surface area contributed by atoms with Gasteiger partial charge in [0.25, 0.3) is 0 Å². The Kier molecular flexibility index (Phi) is 7.17. The second-order valence-corrected chi connectivity index (χ2v) is 8.41. The van der Waals surface area contributed by atoms with Gasteiger partial charge in [-0.25, -0.2) is 9.79 Å². The Morgan fingerprint density at radius 2 is 1.79 bits per heavy atom. The number of carbonyl (C=O) groups is 1. The molecule has 33 heavy (non-hydrogen) atoms. The van der Waals surface area contributed by atoms with Crippen LogP contribution in [0.25, 0.3) is 6.08 Å². The third-order valence-electron chi connectivity index (χ3n) is 4.54. The van der Waals surface area contributed by atoms with Crippen LogP contribution >= 0.6 is 23.4 Å². The highest BCUT2D eigenvalue weighted by Gasteiger charge is 2.33. The number of nitrogens with zero attached hydrogens (tertiary/aromatic N) is 1. The van der Waals surface area contributed by atoms with E-state index in [1.165, 1.54) is 11.8 Å². The third-order valence-corrected chi connectivity index (χ3v) is 5.80. The molecule has 0 atom stereocenters. The molecule has 166 valence electrons. The number of carbonyl (C=O) groups excluding carboxylic acids is 1. The Balaban J connectivity index is 1.67. The number of halogens is 1. The number of esters is 1. The van der Waals surface area contributed by atoms with E-state index in [-0.39, 0.29) is 17.9 Å². The average molecular weight is 478 g/mol. The van der Waals surface area contributed by atoms with E-state index >= 15 is 0 Å². The van der Waals surface area contributed by atoms with Gasteiger partial charge in [-0.15, -0.1) is 0 Å². The van der Waals surface area contributed by atoms with Gasteiger partial charge in [-0.1, -0.05) is 59.8 Å². The minimum atomic E-state index is -0.632. The first-order valence-electron chi connectivity index (χ1n) is 10.2. The molecule has 0 unspecified atom stereocenters. The molecule has 0 aromatic heterocycles. The van der Waals surface area contributed by atoms with Crippen molar-refractivity contribution < 1.29 is 19.4 Å². The van der Waals surface area contributed by atoms with Crippen molar-refractivity contribution >= 4 is 46.1 Å². The second kappa shape index (κ2) is 10.4. The molecule has 3 aromatic rings. The fourth-order valence-corrected chi connectivity index (χ4v) is 4.32. The van der Waals surface area contributed by atoms with E-state index in [0.717, 1.165) is 11.3 Å². The van der Waals surface area contributed by atoms with Crippen LogP contribution in [0.3, 0.4) is 0 Å². The van der Waals surface area contributed by atoms with Crippen LogP contribution in [0.15, 0.2) is 100 Å². The predicted octanol–water partition coefficient (Wildman–Crippen LogP) is 7.33. The molecule has 7 heteroatoms. The minimum Gasteiger partial charge on any atom is -0.506 e. The first kappa shape index (κ1) is 22.7. The van der Waals surface area contributed by atoms with Gasteiger partial charge in [0.15, 0.2) is 0 Å². The lowest BCUT2D eigenvalue weighted by atomic mass is 10.1. The average Bonchev–Trinajstić information content (AvgIpc) is 3.09. The summed E-state index contributed by atoms with van der Waals surface area (Å²) in [7, 11) is 0. The summed E-state index contributed by atoms with van der Waals surface area (Å²) in [6.07, 6.45) is 1.78. The van der Waals surface area contributed by atoms with Crippen molar-refractivity contribution in [3.63, 3.8) is 0 Å². The molecular formula is C26H20ClNO4S. The molecule has 1 aliphatic rings. The van der Waals surface area contributed by atoms with E-state index in [2.05, 4.69) is 4.99 Å². The van der Waals surface area contributed by atoms with E-state index in [1.54, 1.807) is 37.3 Å². The van der Waals surface area contributed by atoms with Crippen LogP contribution < -0.4 is 4.74 Å². The summed E-state index contributed by atoms with van der Waals surface area (Å²) in [4.78, 5) is 17.6. The molecule has 0 fully saturated rings. The Morgan fingerprint density at radius 1 is 1.03 bits per heavy atom. The van der Waals surface area contributed by atoms with E-state index in [1.807, 2.05) is 54.6 Å². The Bertz CT molecular complexity index is 1270. The van der Waals surface area contributed by atoms with Gasteiger partial charge in [-0.05, 0) is 61.0 Å². The Labute approximate surface area is 201 Å². The number of hydrogen-bond acceptors (Lipinski definition) is 6. The molecule has 1 N–H and O–H groups in total. The SMILES string of the molecule is CCOC(=O)C1=C(O)/C(=C\c2cccc(Oc3ccccc3)c2)SC1=Nc1cccc(Cl)c1. The predicted molar refractivity (Wildman–Crippen MR) is 133 cm³/mol. The highest BCUT2D eigenvalue weighted by molar-refractivity contribution is 8.18. The highest BCUT2D eigenvalue weighted by Crippen LogP contribution is 2.40. The quantitative estimate of drug-likeness (QED) is 0.376. The second-order valence-electron chi connectivity index (χ2n) is 6.94. The van der Waals surface area contributed by atoms with Crippen molar-refractivity contribution in [2.45, 2.75) is 6.92 Å². The van der Waals surface area contributed by atoms with Crippen molar-refractivity contribution in [2.24, 2.45) is 4.99 Å². The molecule has 1 aliphatic heterocycles. The molecule has 0 saturated heterocycles. The maximum absolute atomic E-state index is 12.6. The fourth-order valence-electron chi connectivity index (χ4n) is 3.10. The van der Waals surface area contributed by atoms with Crippen molar-refractivity contribution in [1.82, 2.24) is 0 Å². The smallest absolute Gasteiger partial charge is 0.344 e. The lowest BCUT2D eigenvalue weighted by molar-refractivity contribution is -0.138. The Hall–Kier alpha value is -3.48. The number of para-hydroxylation sites is 1. The number of benzene rings is 3. The van der Waals surface area contributed by atoms with Crippen LogP contribution in [-0.4, -0.2) is 22.7 Å². The molecule has 0 bridgehead atoms. The molecule has 0 spiro atoms.